The van der Waals surface area contributed by atoms with Gasteiger partial charge in [-0.05, 0) is 37.6 Å². The smallest absolute Gasteiger partial charge is 0.313 e. The maximum atomic E-state index is 11.3. The fraction of sp³-hybridized carbons (Fsp3) is 0.364. The zero-order chi connectivity index (χ0) is 12.3. The highest BCUT2D eigenvalue weighted by Gasteiger charge is 2.36. The summed E-state index contributed by atoms with van der Waals surface area (Å²) in [5.41, 5.74) is 4.90. The van der Waals surface area contributed by atoms with Crippen LogP contribution in [0.5, 0.6) is 0 Å². The predicted molar refractivity (Wildman–Crippen MR) is 65.1 cm³/mol. The van der Waals surface area contributed by atoms with Crippen molar-refractivity contribution < 1.29 is 9.90 Å². The molecular weight excluding hydrogens is 249 g/mol. The van der Waals surface area contributed by atoms with Gasteiger partial charge in [-0.3, -0.25) is 4.79 Å². The number of halogens is 2. The van der Waals surface area contributed by atoms with Gasteiger partial charge in [0.25, 0.3) is 0 Å². The fourth-order valence-corrected chi connectivity index (χ4v) is 2.20. The number of carboxylic acids is 1. The lowest BCUT2D eigenvalue weighted by Crippen LogP contribution is -2.35. The number of nitrogens with two attached hydrogens (primary N) is 1. The molecule has 0 aliphatic carbocycles. The number of benzene rings is 1. The van der Waals surface area contributed by atoms with Crippen LogP contribution < -0.4 is 5.73 Å². The molecule has 3 N–H and O–H groups in total. The van der Waals surface area contributed by atoms with Gasteiger partial charge in [-0.2, -0.15) is 0 Å². The van der Waals surface area contributed by atoms with Crippen molar-refractivity contribution in [1.29, 1.82) is 0 Å². The summed E-state index contributed by atoms with van der Waals surface area (Å²) < 4.78 is 0. The minimum atomic E-state index is -1.07. The monoisotopic (exact) mass is 261 g/mol. The van der Waals surface area contributed by atoms with Gasteiger partial charge in [-0.15, -0.1) is 0 Å². The van der Waals surface area contributed by atoms with E-state index >= 15 is 0 Å². The minimum Gasteiger partial charge on any atom is -0.481 e. The van der Waals surface area contributed by atoms with E-state index in [0.29, 0.717) is 22.0 Å². The quantitative estimate of drug-likeness (QED) is 0.876. The Bertz CT molecular complexity index is 409. The first-order chi connectivity index (χ1) is 7.41. The van der Waals surface area contributed by atoms with Crippen LogP contribution >= 0.6 is 23.2 Å². The van der Waals surface area contributed by atoms with Gasteiger partial charge in [-0.25, -0.2) is 0 Å². The Hall–Kier alpha value is -0.770. The van der Waals surface area contributed by atoms with Gasteiger partial charge >= 0.3 is 5.97 Å². The third-order valence-corrected chi connectivity index (χ3v) is 3.19. The molecule has 0 aliphatic rings. The third kappa shape index (κ3) is 2.48. The number of aliphatic carboxylic acids is 1. The summed E-state index contributed by atoms with van der Waals surface area (Å²) in [4.78, 5) is 11.3. The lowest BCUT2D eigenvalue weighted by molar-refractivity contribution is -0.143. The van der Waals surface area contributed by atoms with E-state index in [1.54, 1.807) is 19.1 Å². The Kier molecular flexibility index (Phi) is 4.19. The highest BCUT2D eigenvalue weighted by atomic mass is 35.5. The van der Waals surface area contributed by atoms with Gasteiger partial charge in [0.2, 0.25) is 0 Å². The van der Waals surface area contributed by atoms with Crippen molar-refractivity contribution in [2.75, 3.05) is 6.54 Å². The van der Waals surface area contributed by atoms with Crippen LogP contribution in [0.4, 0.5) is 0 Å². The first-order valence-electron chi connectivity index (χ1n) is 4.81. The van der Waals surface area contributed by atoms with Gasteiger partial charge in [0.15, 0.2) is 0 Å². The summed E-state index contributed by atoms with van der Waals surface area (Å²) in [5.74, 6) is -0.942. The van der Waals surface area contributed by atoms with Crippen LogP contribution in [0.2, 0.25) is 10.0 Å². The summed E-state index contributed by atoms with van der Waals surface area (Å²) in [5, 5.41) is 10.1. The van der Waals surface area contributed by atoms with Crippen molar-refractivity contribution in [1.82, 2.24) is 0 Å². The minimum absolute atomic E-state index is 0.280. The van der Waals surface area contributed by atoms with Crippen LogP contribution in [0.15, 0.2) is 18.2 Å². The van der Waals surface area contributed by atoms with Gasteiger partial charge in [0, 0.05) is 10.0 Å². The second-order valence-corrected chi connectivity index (χ2v) is 4.64. The van der Waals surface area contributed by atoms with E-state index in [-0.39, 0.29) is 6.54 Å². The summed E-state index contributed by atoms with van der Waals surface area (Å²) in [6.45, 7) is 1.89. The fourth-order valence-electron chi connectivity index (χ4n) is 1.58. The van der Waals surface area contributed by atoms with Crippen molar-refractivity contribution in [2.24, 2.45) is 5.73 Å². The topological polar surface area (TPSA) is 63.3 Å². The molecule has 1 unspecified atom stereocenters. The van der Waals surface area contributed by atoms with E-state index in [1.165, 1.54) is 6.07 Å². The van der Waals surface area contributed by atoms with Crippen LogP contribution in [-0.2, 0) is 10.2 Å². The van der Waals surface area contributed by atoms with E-state index in [9.17, 15) is 9.90 Å². The second-order valence-electron chi connectivity index (χ2n) is 3.80. The molecule has 0 heterocycles. The van der Waals surface area contributed by atoms with Crippen molar-refractivity contribution in [3.05, 3.63) is 33.8 Å². The molecule has 16 heavy (non-hydrogen) atoms. The Labute approximate surface area is 104 Å². The zero-order valence-corrected chi connectivity index (χ0v) is 10.3. The van der Waals surface area contributed by atoms with Crippen molar-refractivity contribution in [3.8, 4) is 0 Å². The normalized spacial score (nSPS) is 14.5. The van der Waals surface area contributed by atoms with Crippen LogP contribution in [0.3, 0.4) is 0 Å². The molecular formula is C11H13Cl2NO2. The molecule has 0 bridgehead atoms. The van der Waals surface area contributed by atoms with Crippen molar-refractivity contribution >= 4 is 29.2 Å². The van der Waals surface area contributed by atoms with Crippen LogP contribution in [0, 0.1) is 0 Å². The molecule has 0 radical (unpaired) electrons. The largest absolute Gasteiger partial charge is 0.481 e. The number of hydrogen-bond acceptors (Lipinski definition) is 2. The SMILES string of the molecule is CC(CCN)(C(=O)O)c1ccc(Cl)cc1Cl. The Morgan fingerprint density at radius 2 is 2.12 bits per heavy atom. The standard InChI is InChI=1S/C11H13Cl2NO2/c1-11(4-5-14,10(15)16)8-3-2-7(12)6-9(8)13/h2-3,6H,4-5,14H2,1H3,(H,15,16). The van der Waals surface area contributed by atoms with Crippen molar-refractivity contribution in [3.63, 3.8) is 0 Å². The molecule has 0 amide bonds. The molecule has 0 saturated heterocycles. The number of hydrogen-bond donors (Lipinski definition) is 2. The summed E-state index contributed by atoms with van der Waals surface area (Å²) in [7, 11) is 0. The molecule has 0 fully saturated rings. The van der Waals surface area contributed by atoms with Crippen molar-refractivity contribution in [2.45, 2.75) is 18.8 Å². The molecule has 1 rings (SSSR count). The van der Waals surface area contributed by atoms with Gasteiger partial charge in [0.1, 0.15) is 0 Å². The zero-order valence-electron chi connectivity index (χ0n) is 8.84. The molecule has 0 spiro atoms. The Morgan fingerprint density at radius 3 is 2.56 bits per heavy atom. The maximum absolute atomic E-state index is 11.3. The first kappa shape index (κ1) is 13.3. The lowest BCUT2D eigenvalue weighted by atomic mass is 9.79. The number of carbonyl (C=O) groups is 1. The molecule has 0 aliphatic heterocycles. The van der Waals surface area contributed by atoms with E-state index in [0.717, 1.165) is 0 Å². The van der Waals surface area contributed by atoms with Gasteiger partial charge in [-0.1, -0.05) is 29.3 Å². The Balaban J connectivity index is 3.26. The molecule has 0 saturated carbocycles. The van der Waals surface area contributed by atoms with Gasteiger partial charge in [0.05, 0.1) is 5.41 Å². The molecule has 88 valence electrons. The molecule has 0 aromatic heterocycles. The molecule has 5 heteroatoms. The number of rotatable bonds is 4. The second kappa shape index (κ2) is 5.04. The van der Waals surface area contributed by atoms with Crippen LogP contribution in [-0.4, -0.2) is 17.6 Å². The number of carboxylic acid groups (broad SMARTS) is 1. The summed E-state index contributed by atoms with van der Waals surface area (Å²) >= 11 is 11.8. The Morgan fingerprint density at radius 1 is 1.50 bits per heavy atom. The summed E-state index contributed by atoms with van der Waals surface area (Å²) in [6, 6.07) is 4.80. The molecule has 1 aromatic carbocycles. The average molecular weight is 262 g/mol. The van der Waals surface area contributed by atoms with E-state index in [4.69, 9.17) is 28.9 Å². The summed E-state index contributed by atoms with van der Waals surface area (Å²) in [6.07, 6.45) is 0.323. The van der Waals surface area contributed by atoms with Crippen LogP contribution in [0.1, 0.15) is 18.9 Å². The molecule has 3 nitrogen and oxygen atoms in total. The maximum Gasteiger partial charge on any atom is 0.313 e. The van der Waals surface area contributed by atoms with E-state index < -0.39 is 11.4 Å². The lowest BCUT2D eigenvalue weighted by Gasteiger charge is -2.25. The van der Waals surface area contributed by atoms with E-state index in [2.05, 4.69) is 0 Å². The first-order valence-corrected chi connectivity index (χ1v) is 5.56. The third-order valence-electron chi connectivity index (χ3n) is 2.64. The molecule has 1 aromatic rings. The van der Waals surface area contributed by atoms with E-state index in [1.807, 2.05) is 0 Å². The van der Waals surface area contributed by atoms with Crippen LogP contribution in [0.25, 0.3) is 0 Å². The highest BCUT2D eigenvalue weighted by Crippen LogP contribution is 2.34. The van der Waals surface area contributed by atoms with Gasteiger partial charge < -0.3 is 10.8 Å². The molecule has 1 atom stereocenters. The average Bonchev–Trinajstić information content (AvgIpc) is 2.17. The highest BCUT2D eigenvalue weighted by molar-refractivity contribution is 6.35. The predicted octanol–water partition coefficient (Wildman–Crippen LogP) is 2.68.